The Kier molecular flexibility index (Phi) is 4.87. The zero-order valence-corrected chi connectivity index (χ0v) is 11.5. The lowest BCUT2D eigenvalue weighted by Crippen LogP contribution is -2.13. The van der Waals surface area contributed by atoms with Gasteiger partial charge in [-0.25, -0.2) is 8.78 Å². The van der Waals surface area contributed by atoms with Crippen molar-refractivity contribution in [3.8, 4) is 5.75 Å². The fourth-order valence-corrected chi connectivity index (χ4v) is 1.79. The first kappa shape index (κ1) is 15.0. The molecule has 0 saturated heterocycles. The maximum absolute atomic E-state index is 13.1. The molecule has 1 N–H and O–H groups in total. The summed E-state index contributed by atoms with van der Waals surface area (Å²) >= 11 is 0. The van der Waals surface area contributed by atoms with Crippen molar-refractivity contribution in [2.75, 3.05) is 11.9 Å². The third-order valence-corrected chi connectivity index (χ3v) is 2.72. The van der Waals surface area contributed by atoms with Gasteiger partial charge in [0.15, 0.2) is 0 Å². The Morgan fingerprint density at radius 3 is 2.48 bits per heavy atom. The highest BCUT2D eigenvalue weighted by molar-refractivity contribution is 6.05. The molecule has 0 aromatic heterocycles. The molecule has 0 atom stereocenters. The molecule has 0 aliphatic rings. The third-order valence-electron chi connectivity index (χ3n) is 2.72. The number of hydrogen-bond donors (Lipinski definition) is 1. The molecular weight excluding hydrogens is 276 g/mol. The van der Waals surface area contributed by atoms with E-state index in [4.69, 9.17) is 4.74 Å². The van der Waals surface area contributed by atoms with E-state index in [1.807, 2.05) is 6.92 Å². The second kappa shape index (κ2) is 6.83. The number of rotatable bonds is 5. The van der Waals surface area contributed by atoms with E-state index in [0.29, 0.717) is 18.0 Å². The van der Waals surface area contributed by atoms with Crippen LogP contribution in [0.15, 0.2) is 42.5 Å². The van der Waals surface area contributed by atoms with Gasteiger partial charge in [-0.3, -0.25) is 4.79 Å². The van der Waals surface area contributed by atoms with Gasteiger partial charge in [-0.05, 0) is 30.7 Å². The van der Waals surface area contributed by atoms with E-state index in [9.17, 15) is 13.6 Å². The van der Waals surface area contributed by atoms with E-state index in [-0.39, 0.29) is 5.56 Å². The van der Waals surface area contributed by atoms with Crippen molar-refractivity contribution in [3.05, 3.63) is 59.7 Å². The zero-order chi connectivity index (χ0) is 15.2. The number of carbonyl (C=O) groups is 1. The maximum Gasteiger partial charge on any atom is 0.255 e. The first-order chi connectivity index (χ1) is 10.1. The molecule has 0 fully saturated rings. The van der Waals surface area contributed by atoms with Crippen molar-refractivity contribution < 1.29 is 18.3 Å². The summed E-state index contributed by atoms with van der Waals surface area (Å²) in [5.41, 5.74) is 0.374. The number of carbonyl (C=O) groups excluding carboxylic acids is 1. The van der Waals surface area contributed by atoms with Crippen LogP contribution in [0.4, 0.5) is 14.5 Å². The average Bonchev–Trinajstić information content (AvgIpc) is 2.45. The Bertz CT molecular complexity index is 624. The van der Waals surface area contributed by atoms with Crippen molar-refractivity contribution >= 4 is 11.6 Å². The molecule has 0 aliphatic heterocycles. The molecule has 2 aromatic rings. The van der Waals surface area contributed by atoms with Gasteiger partial charge in [-0.1, -0.05) is 19.1 Å². The minimum atomic E-state index is -0.796. The van der Waals surface area contributed by atoms with Gasteiger partial charge >= 0.3 is 0 Å². The summed E-state index contributed by atoms with van der Waals surface area (Å²) < 4.78 is 31.8. The topological polar surface area (TPSA) is 38.3 Å². The Balaban J connectivity index is 2.19. The third kappa shape index (κ3) is 4.02. The van der Waals surface area contributed by atoms with E-state index >= 15 is 0 Å². The summed E-state index contributed by atoms with van der Waals surface area (Å²) in [6, 6.07) is 9.58. The molecule has 21 heavy (non-hydrogen) atoms. The van der Waals surface area contributed by atoms with Gasteiger partial charge in [-0.15, -0.1) is 0 Å². The molecule has 2 aromatic carbocycles. The number of para-hydroxylation sites is 2. The fraction of sp³-hybridized carbons (Fsp3) is 0.188. The van der Waals surface area contributed by atoms with Gasteiger partial charge in [0.25, 0.3) is 5.91 Å². The molecule has 3 nitrogen and oxygen atoms in total. The number of amides is 1. The number of ether oxygens (including phenoxy) is 1. The molecular formula is C16H15F2NO2. The van der Waals surface area contributed by atoms with Gasteiger partial charge in [-0.2, -0.15) is 0 Å². The summed E-state index contributed by atoms with van der Waals surface area (Å²) in [7, 11) is 0. The predicted octanol–water partition coefficient (Wildman–Crippen LogP) is 4.01. The normalized spacial score (nSPS) is 10.2. The monoisotopic (exact) mass is 291 g/mol. The lowest BCUT2D eigenvalue weighted by atomic mass is 10.2. The number of hydrogen-bond acceptors (Lipinski definition) is 2. The standard InChI is InChI=1S/C16H15F2NO2/c1-2-7-21-15-6-4-3-5-14(15)19-16(20)11-8-12(17)10-13(18)9-11/h3-6,8-10H,2,7H2,1H3,(H,19,20). The quantitative estimate of drug-likeness (QED) is 0.904. The molecule has 5 heteroatoms. The summed E-state index contributed by atoms with van der Waals surface area (Å²) in [5.74, 6) is -1.67. The zero-order valence-electron chi connectivity index (χ0n) is 11.5. The fourth-order valence-electron chi connectivity index (χ4n) is 1.79. The van der Waals surface area contributed by atoms with Crippen molar-refractivity contribution in [3.63, 3.8) is 0 Å². The van der Waals surface area contributed by atoms with Gasteiger partial charge in [0.2, 0.25) is 0 Å². The Hall–Kier alpha value is -2.43. The average molecular weight is 291 g/mol. The molecule has 0 spiro atoms. The van der Waals surface area contributed by atoms with E-state index in [1.54, 1.807) is 24.3 Å². The second-order valence-electron chi connectivity index (χ2n) is 4.46. The van der Waals surface area contributed by atoms with Crippen LogP contribution in [0.2, 0.25) is 0 Å². The van der Waals surface area contributed by atoms with Crippen molar-refractivity contribution in [1.82, 2.24) is 0 Å². The van der Waals surface area contributed by atoms with Gasteiger partial charge in [0.05, 0.1) is 12.3 Å². The maximum atomic E-state index is 13.1. The van der Waals surface area contributed by atoms with Crippen LogP contribution in [0.3, 0.4) is 0 Å². The highest BCUT2D eigenvalue weighted by Gasteiger charge is 2.12. The number of halogens is 2. The lowest BCUT2D eigenvalue weighted by Gasteiger charge is -2.12. The van der Waals surface area contributed by atoms with Crippen LogP contribution in [0.25, 0.3) is 0 Å². The molecule has 110 valence electrons. The SMILES string of the molecule is CCCOc1ccccc1NC(=O)c1cc(F)cc(F)c1. The molecule has 0 radical (unpaired) electrons. The van der Waals surface area contributed by atoms with Gasteiger partial charge in [0, 0.05) is 11.6 Å². The van der Waals surface area contributed by atoms with Crippen molar-refractivity contribution in [2.24, 2.45) is 0 Å². The van der Waals surface area contributed by atoms with E-state index in [1.165, 1.54) is 0 Å². The minimum absolute atomic E-state index is 0.0854. The van der Waals surface area contributed by atoms with Crippen LogP contribution in [-0.2, 0) is 0 Å². The van der Waals surface area contributed by atoms with Crippen LogP contribution < -0.4 is 10.1 Å². The van der Waals surface area contributed by atoms with Gasteiger partial charge < -0.3 is 10.1 Å². The van der Waals surface area contributed by atoms with Crippen molar-refractivity contribution in [1.29, 1.82) is 0 Å². The van der Waals surface area contributed by atoms with Crippen LogP contribution in [0.5, 0.6) is 5.75 Å². The van der Waals surface area contributed by atoms with Crippen LogP contribution in [0.1, 0.15) is 23.7 Å². The molecule has 0 unspecified atom stereocenters. The van der Waals surface area contributed by atoms with E-state index in [0.717, 1.165) is 24.6 Å². The first-order valence-corrected chi connectivity index (χ1v) is 6.59. The molecule has 2 rings (SSSR count). The summed E-state index contributed by atoms with van der Waals surface area (Å²) in [4.78, 5) is 12.0. The second-order valence-corrected chi connectivity index (χ2v) is 4.46. The Morgan fingerprint density at radius 1 is 1.14 bits per heavy atom. The first-order valence-electron chi connectivity index (χ1n) is 6.59. The van der Waals surface area contributed by atoms with E-state index in [2.05, 4.69) is 5.32 Å². The minimum Gasteiger partial charge on any atom is -0.491 e. The molecule has 0 saturated carbocycles. The molecule has 0 aliphatic carbocycles. The smallest absolute Gasteiger partial charge is 0.255 e. The highest BCUT2D eigenvalue weighted by atomic mass is 19.1. The number of nitrogens with one attached hydrogen (secondary N) is 1. The summed E-state index contributed by atoms with van der Waals surface area (Å²) in [6.07, 6.45) is 0.831. The Labute approximate surface area is 121 Å². The van der Waals surface area contributed by atoms with Crippen LogP contribution in [-0.4, -0.2) is 12.5 Å². The molecule has 0 heterocycles. The van der Waals surface area contributed by atoms with Crippen molar-refractivity contribution in [2.45, 2.75) is 13.3 Å². The molecule has 0 bridgehead atoms. The largest absolute Gasteiger partial charge is 0.491 e. The number of benzene rings is 2. The Morgan fingerprint density at radius 2 is 1.81 bits per heavy atom. The number of anilines is 1. The molecule has 1 amide bonds. The lowest BCUT2D eigenvalue weighted by molar-refractivity contribution is 0.102. The highest BCUT2D eigenvalue weighted by Crippen LogP contribution is 2.24. The predicted molar refractivity (Wildman–Crippen MR) is 76.5 cm³/mol. The van der Waals surface area contributed by atoms with Gasteiger partial charge in [0.1, 0.15) is 17.4 Å². The van der Waals surface area contributed by atoms with Crippen LogP contribution >= 0.6 is 0 Å². The summed E-state index contributed by atoms with van der Waals surface area (Å²) in [5, 5.41) is 2.59. The van der Waals surface area contributed by atoms with E-state index < -0.39 is 17.5 Å². The van der Waals surface area contributed by atoms with Crippen LogP contribution in [0, 0.1) is 11.6 Å². The summed E-state index contributed by atoms with van der Waals surface area (Å²) in [6.45, 7) is 2.48.